The van der Waals surface area contributed by atoms with Gasteiger partial charge in [-0.25, -0.2) is 23.5 Å². The van der Waals surface area contributed by atoms with Crippen molar-refractivity contribution in [2.75, 3.05) is 35.3 Å². The minimum atomic E-state index is -1.16. The second-order valence-corrected chi connectivity index (χ2v) is 9.56. The molecule has 1 aromatic carbocycles. The van der Waals surface area contributed by atoms with Crippen molar-refractivity contribution in [2.24, 2.45) is 0 Å². The summed E-state index contributed by atoms with van der Waals surface area (Å²) in [5, 5.41) is 0. The van der Waals surface area contributed by atoms with Gasteiger partial charge in [-0.05, 0) is 37.1 Å². The molecule has 1 atom stereocenters. The maximum atomic E-state index is 13.8. The summed E-state index contributed by atoms with van der Waals surface area (Å²) in [5.41, 5.74) is 0.120. The van der Waals surface area contributed by atoms with Crippen LogP contribution in [0.3, 0.4) is 0 Å². The van der Waals surface area contributed by atoms with E-state index in [-0.39, 0.29) is 48.6 Å². The summed E-state index contributed by atoms with van der Waals surface area (Å²) in [6.07, 6.45) is 1.83. The third-order valence-electron chi connectivity index (χ3n) is 6.08. The number of methoxy groups -OCH3 is 1. The Morgan fingerprint density at radius 3 is 2.49 bits per heavy atom. The molecule has 0 aliphatic carbocycles. The van der Waals surface area contributed by atoms with Gasteiger partial charge in [0.05, 0.1) is 24.7 Å². The SMILES string of the molecule is COC(=O)n1c(Cn2cccc(CC(=O)[C@H](CC/C=C/C(=O)N(C)C)OC(=O)N(C)C)c2=O)nc2cc(F)ccc21. The van der Waals surface area contributed by atoms with E-state index in [1.54, 1.807) is 26.2 Å². The zero-order chi connectivity index (χ0) is 30.3. The van der Waals surface area contributed by atoms with Crippen LogP contribution in [0.25, 0.3) is 11.0 Å². The van der Waals surface area contributed by atoms with Crippen molar-refractivity contribution in [3.05, 3.63) is 76.2 Å². The van der Waals surface area contributed by atoms with Crippen LogP contribution in [0.2, 0.25) is 0 Å². The lowest BCUT2D eigenvalue weighted by Gasteiger charge is -2.19. The van der Waals surface area contributed by atoms with Crippen LogP contribution in [0, 0.1) is 5.82 Å². The summed E-state index contributed by atoms with van der Waals surface area (Å²) in [6, 6.07) is 6.77. The number of ketones is 1. The molecule has 0 saturated carbocycles. The zero-order valence-corrected chi connectivity index (χ0v) is 23.5. The number of rotatable bonds is 10. The van der Waals surface area contributed by atoms with Gasteiger partial charge >= 0.3 is 12.2 Å². The maximum absolute atomic E-state index is 13.8. The van der Waals surface area contributed by atoms with E-state index in [4.69, 9.17) is 9.47 Å². The quantitative estimate of drug-likeness (QED) is 0.340. The van der Waals surface area contributed by atoms with E-state index in [9.17, 15) is 28.4 Å². The highest BCUT2D eigenvalue weighted by atomic mass is 19.1. The normalized spacial score (nSPS) is 11.9. The lowest BCUT2D eigenvalue weighted by molar-refractivity contribution is -0.127. The van der Waals surface area contributed by atoms with Crippen LogP contribution >= 0.6 is 0 Å². The van der Waals surface area contributed by atoms with Gasteiger partial charge in [-0.1, -0.05) is 12.1 Å². The van der Waals surface area contributed by atoms with Crippen molar-refractivity contribution in [3.8, 4) is 0 Å². The number of carbonyl (C=O) groups is 4. The summed E-state index contributed by atoms with van der Waals surface area (Å²) < 4.78 is 26.4. The summed E-state index contributed by atoms with van der Waals surface area (Å²) in [6.45, 7) is -0.171. The largest absolute Gasteiger partial charge is 0.452 e. The molecule has 0 unspecified atom stereocenters. The lowest BCUT2D eigenvalue weighted by Crippen LogP contribution is -2.35. The molecule has 3 aromatic rings. The minimum Gasteiger partial charge on any atom is -0.452 e. The Morgan fingerprint density at radius 2 is 1.83 bits per heavy atom. The Morgan fingerprint density at radius 1 is 1.10 bits per heavy atom. The van der Waals surface area contributed by atoms with E-state index in [1.165, 1.54) is 66.0 Å². The number of hydrogen-bond acceptors (Lipinski definition) is 8. The fourth-order valence-corrected chi connectivity index (χ4v) is 3.90. The molecule has 13 heteroatoms. The van der Waals surface area contributed by atoms with Crippen molar-refractivity contribution in [1.29, 1.82) is 0 Å². The average molecular weight is 570 g/mol. The number of imidazole rings is 1. The van der Waals surface area contributed by atoms with Crippen LogP contribution in [0.5, 0.6) is 0 Å². The molecule has 0 aliphatic rings. The zero-order valence-electron chi connectivity index (χ0n) is 23.5. The Hall–Kier alpha value is -4.81. The first-order valence-electron chi connectivity index (χ1n) is 12.6. The first-order valence-corrected chi connectivity index (χ1v) is 12.6. The molecular formula is C28H32FN5O7. The second kappa shape index (κ2) is 13.5. The topological polar surface area (TPSA) is 133 Å². The smallest absolute Gasteiger partial charge is 0.419 e. The molecule has 0 bridgehead atoms. The van der Waals surface area contributed by atoms with Crippen LogP contribution in [0.15, 0.2) is 53.5 Å². The van der Waals surface area contributed by atoms with Crippen molar-refractivity contribution in [1.82, 2.24) is 23.9 Å². The van der Waals surface area contributed by atoms with E-state index in [2.05, 4.69) is 4.98 Å². The second-order valence-electron chi connectivity index (χ2n) is 9.56. The highest BCUT2D eigenvalue weighted by molar-refractivity contribution is 5.88. The lowest BCUT2D eigenvalue weighted by atomic mass is 10.0. The number of hydrogen-bond donors (Lipinski definition) is 0. The van der Waals surface area contributed by atoms with Gasteiger partial charge in [-0.2, -0.15) is 0 Å². The molecule has 2 amide bonds. The summed E-state index contributed by atoms with van der Waals surface area (Å²) in [7, 11) is 7.36. The van der Waals surface area contributed by atoms with E-state index in [1.807, 2.05) is 0 Å². The van der Waals surface area contributed by atoms with Crippen molar-refractivity contribution < 1.29 is 33.0 Å². The van der Waals surface area contributed by atoms with Gasteiger partial charge in [-0.15, -0.1) is 0 Å². The molecule has 0 saturated heterocycles. The monoisotopic (exact) mass is 569 g/mol. The number of pyridine rings is 1. The molecular weight excluding hydrogens is 537 g/mol. The number of halogens is 1. The van der Waals surface area contributed by atoms with E-state index in [0.29, 0.717) is 5.52 Å². The molecule has 41 heavy (non-hydrogen) atoms. The number of Topliss-reactive ketones (excluding diaryl/α,β-unsaturated/α-hetero) is 1. The van der Waals surface area contributed by atoms with Gasteiger partial charge in [0.15, 0.2) is 11.9 Å². The van der Waals surface area contributed by atoms with E-state index >= 15 is 0 Å². The summed E-state index contributed by atoms with van der Waals surface area (Å²) in [5.74, 6) is -1.14. The van der Waals surface area contributed by atoms with E-state index < -0.39 is 35.5 Å². The number of ether oxygens (including phenoxy) is 2. The van der Waals surface area contributed by atoms with Crippen LogP contribution in [-0.4, -0.2) is 89.2 Å². The number of carbonyl (C=O) groups excluding carboxylic acids is 4. The van der Waals surface area contributed by atoms with Crippen LogP contribution in [-0.2, 0) is 32.0 Å². The van der Waals surface area contributed by atoms with Gasteiger partial charge in [0, 0.05) is 52.4 Å². The summed E-state index contributed by atoms with van der Waals surface area (Å²) in [4.78, 5) is 69.8. The first kappa shape index (κ1) is 30.7. The number of allylic oxidation sites excluding steroid dienone is 1. The molecule has 2 aromatic heterocycles. The standard InChI is InChI=1S/C28H32FN5O7/c1-31(2)25(36)11-7-6-10-23(41-27(38)32(3)4)22(35)15-18-9-8-14-33(26(18)37)17-24-30-20-16-19(29)12-13-21(20)34(24)28(39)40-5/h7-9,11-14,16,23H,6,10,15,17H2,1-5H3/b11-7+/t23-/m0/s1. The fraction of sp³-hybridized carbons (Fsp3) is 0.357. The van der Waals surface area contributed by atoms with Crippen molar-refractivity contribution in [3.63, 3.8) is 0 Å². The molecule has 0 aliphatic heterocycles. The Balaban J connectivity index is 1.85. The Labute approximate surface area is 235 Å². The predicted octanol–water partition coefficient (Wildman–Crippen LogP) is 2.60. The molecule has 2 heterocycles. The number of benzene rings is 1. The Kier molecular flexibility index (Phi) is 10.1. The molecule has 0 N–H and O–H groups in total. The molecule has 218 valence electrons. The maximum Gasteiger partial charge on any atom is 0.419 e. The number of aromatic nitrogens is 3. The molecule has 3 rings (SSSR count). The Bertz CT molecular complexity index is 1540. The van der Waals surface area contributed by atoms with Gasteiger partial charge in [-0.3, -0.25) is 14.4 Å². The molecule has 12 nitrogen and oxygen atoms in total. The van der Waals surface area contributed by atoms with Gasteiger partial charge < -0.3 is 23.8 Å². The van der Waals surface area contributed by atoms with Gasteiger partial charge in [0.25, 0.3) is 5.56 Å². The van der Waals surface area contributed by atoms with E-state index in [0.717, 1.165) is 10.6 Å². The van der Waals surface area contributed by atoms with Crippen molar-refractivity contribution in [2.45, 2.75) is 31.9 Å². The average Bonchev–Trinajstić information content (AvgIpc) is 3.28. The highest BCUT2D eigenvalue weighted by Gasteiger charge is 2.25. The molecule has 0 radical (unpaired) electrons. The summed E-state index contributed by atoms with van der Waals surface area (Å²) >= 11 is 0. The minimum absolute atomic E-state index is 0.107. The van der Waals surface area contributed by atoms with Crippen LogP contribution in [0.1, 0.15) is 24.2 Å². The van der Waals surface area contributed by atoms with Gasteiger partial charge in [0.2, 0.25) is 5.91 Å². The van der Waals surface area contributed by atoms with Crippen LogP contribution in [0.4, 0.5) is 14.0 Å². The van der Waals surface area contributed by atoms with Crippen molar-refractivity contribution >= 4 is 34.9 Å². The molecule has 0 spiro atoms. The van der Waals surface area contributed by atoms with Gasteiger partial charge in [0.1, 0.15) is 11.6 Å². The number of amides is 2. The third kappa shape index (κ3) is 7.65. The molecule has 0 fully saturated rings. The van der Waals surface area contributed by atoms with Crippen LogP contribution < -0.4 is 5.56 Å². The third-order valence-corrected chi connectivity index (χ3v) is 6.08. The fourth-order valence-electron chi connectivity index (χ4n) is 3.90. The number of likely N-dealkylation sites (N-methyl/N-ethyl adjacent to an activating group) is 1. The highest BCUT2D eigenvalue weighted by Crippen LogP contribution is 2.19. The number of nitrogens with zero attached hydrogens (tertiary/aromatic N) is 5. The number of fused-ring (bicyclic) bond motifs is 1. The first-order chi connectivity index (χ1) is 19.4. The predicted molar refractivity (Wildman–Crippen MR) is 147 cm³/mol.